The number of aromatic nitrogens is 3. The Morgan fingerprint density at radius 1 is 1.40 bits per heavy atom. The van der Waals surface area contributed by atoms with Crippen molar-refractivity contribution in [1.29, 1.82) is 0 Å². The molecule has 0 atom stereocenters. The van der Waals surface area contributed by atoms with Crippen LogP contribution in [0.2, 0.25) is 0 Å². The van der Waals surface area contributed by atoms with E-state index in [4.69, 9.17) is 4.74 Å². The molecule has 6 heteroatoms. The maximum atomic E-state index is 5.45. The quantitative estimate of drug-likeness (QED) is 0.814. The molecule has 4 nitrogen and oxygen atoms in total. The van der Waals surface area contributed by atoms with Gasteiger partial charge in [0.15, 0.2) is 5.01 Å². The maximum Gasteiger partial charge on any atom is 0.214 e. The van der Waals surface area contributed by atoms with Gasteiger partial charge in [-0.2, -0.15) is 0 Å². The SMILES string of the molecule is Cc1nnc(COc2cccc(Br)n2)s1. The molecule has 2 aromatic heterocycles. The third-order valence-corrected chi connectivity index (χ3v) is 2.85. The van der Waals surface area contributed by atoms with Crippen LogP contribution in [0.5, 0.6) is 5.88 Å². The van der Waals surface area contributed by atoms with Gasteiger partial charge in [0.2, 0.25) is 5.88 Å². The van der Waals surface area contributed by atoms with Gasteiger partial charge in [-0.05, 0) is 28.9 Å². The number of hydrogen-bond donors (Lipinski definition) is 0. The fourth-order valence-electron chi connectivity index (χ4n) is 1.00. The van der Waals surface area contributed by atoms with Crippen LogP contribution in [0.1, 0.15) is 10.0 Å². The molecule has 0 aliphatic carbocycles. The number of ether oxygens (including phenoxy) is 1. The molecular formula is C9H8BrN3OS. The zero-order chi connectivity index (χ0) is 10.7. The minimum atomic E-state index is 0.412. The van der Waals surface area contributed by atoms with Gasteiger partial charge in [0.05, 0.1) is 0 Å². The van der Waals surface area contributed by atoms with E-state index in [1.165, 1.54) is 11.3 Å². The van der Waals surface area contributed by atoms with Crippen LogP contribution in [0.4, 0.5) is 0 Å². The summed E-state index contributed by atoms with van der Waals surface area (Å²) in [5.41, 5.74) is 0. The first kappa shape index (κ1) is 10.5. The number of hydrogen-bond acceptors (Lipinski definition) is 5. The van der Waals surface area contributed by atoms with Crippen molar-refractivity contribution in [3.63, 3.8) is 0 Å². The summed E-state index contributed by atoms with van der Waals surface area (Å²) >= 11 is 4.80. The first-order chi connectivity index (χ1) is 7.24. The molecule has 78 valence electrons. The zero-order valence-electron chi connectivity index (χ0n) is 7.98. The van der Waals surface area contributed by atoms with Crippen molar-refractivity contribution >= 4 is 27.3 Å². The predicted molar refractivity (Wildman–Crippen MR) is 60.9 cm³/mol. The Kier molecular flexibility index (Phi) is 3.27. The lowest BCUT2D eigenvalue weighted by Gasteiger charge is -2.01. The van der Waals surface area contributed by atoms with Crippen LogP contribution in [0.3, 0.4) is 0 Å². The summed E-state index contributed by atoms with van der Waals surface area (Å²) in [6.45, 7) is 2.33. The molecule has 0 aliphatic heterocycles. The Hall–Kier alpha value is -1.01. The van der Waals surface area contributed by atoms with Crippen molar-refractivity contribution in [2.75, 3.05) is 0 Å². The smallest absolute Gasteiger partial charge is 0.214 e. The second kappa shape index (κ2) is 4.67. The van der Waals surface area contributed by atoms with Crippen molar-refractivity contribution in [3.05, 3.63) is 32.8 Å². The molecule has 0 unspecified atom stereocenters. The van der Waals surface area contributed by atoms with E-state index in [9.17, 15) is 0 Å². The largest absolute Gasteiger partial charge is 0.470 e. The fraction of sp³-hybridized carbons (Fsp3) is 0.222. The predicted octanol–water partition coefficient (Wildman–Crippen LogP) is 2.58. The van der Waals surface area contributed by atoms with Crippen LogP contribution in [0.25, 0.3) is 0 Å². The number of aryl methyl sites for hydroxylation is 1. The molecule has 0 N–H and O–H groups in total. The highest BCUT2D eigenvalue weighted by molar-refractivity contribution is 9.10. The van der Waals surface area contributed by atoms with Crippen molar-refractivity contribution < 1.29 is 4.74 Å². The lowest BCUT2D eigenvalue weighted by Crippen LogP contribution is -1.96. The lowest BCUT2D eigenvalue weighted by molar-refractivity contribution is 0.292. The summed E-state index contributed by atoms with van der Waals surface area (Å²) in [6, 6.07) is 5.53. The third kappa shape index (κ3) is 2.97. The molecule has 0 amide bonds. The molecule has 0 radical (unpaired) electrons. The van der Waals surface area contributed by atoms with Crippen molar-refractivity contribution in [2.24, 2.45) is 0 Å². The van der Waals surface area contributed by atoms with E-state index >= 15 is 0 Å². The standard InChI is InChI=1S/C9H8BrN3OS/c1-6-12-13-9(15-6)5-14-8-4-2-3-7(10)11-8/h2-4H,5H2,1H3. The van der Waals surface area contributed by atoms with Gasteiger partial charge in [-0.25, -0.2) is 4.98 Å². The second-order valence-corrected chi connectivity index (χ2v) is 4.88. The molecule has 0 fully saturated rings. The van der Waals surface area contributed by atoms with E-state index in [2.05, 4.69) is 31.1 Å². The molecular weight excluding hydrogens is 278 g/mol. The van der Waals surface area contributed by atoms with Gasteiger partial charge in [0.25, 0.3) is 0 Å². The maximum absolute atomic E-state index is 5.45. The molecule has 0 saturated carbocycles. The van der Waals surface area contributed by atoms with E-state index in [1.54, 1.807) is 6.07 Å². The number of rotatable bonds is 3. The van der Waals surface area contributed by atoms with Gasteiger partial charge in [0.1, 0.15) is 16.2 Å². The molecule has 0 aromatic carbocycles. The minimum absolute atomic E-state index is 0.412. The highest BCUT2D eigenvalue weighted by Crippen LogP contribution is 2.15. The van der Waals surface area contributed by atoms with Crippen LogP contribution in [-0.2, 0) is 6.61 Å². The Labute approximate surface area is 99.5 Å². The minimum Gasteiger partial charge on any atom is -0.470 e. The lowest BCUT2D eigenvalue weighted by atomic mass is 10.5. The summed E-state index contributed by atoms with van der Waals surface area (Å²) in [6.07, 6.45) is 0. The summed E-state index contributed by atoms with van der Waals surface area (Å²) in [7, 11) is 0. The monoisotopic (exact) mass is 285 g/mol. The summed E-state index contributed by atoms with van der Waals surface area (Å²) < 4.78 is 6.21. The van der Waals surface area contributed by atoms with E-state index in [0.29, 0.717) is 12.5 Å². The third-order valence-electron chi connectivity index (χ3n) is 1.60. The number of halogens is 1. The Balaban J connectivity index is 1.99. The molecule has 0 aliphatic rings. The number of nitrogens with zero attached hydrogens (tertiary/aromatic N) is 3. The van der Waals surface area contributed by atoms with Crippen molar-refractivity contribution in [3.8, 4) is 5.88 Å². The molecule has 15 heavy (non-hydrogen) atoms. The molecule has 0 bridgehead atoms. The van der Waals surface area contributed by atoms with Crippen LogP contribution < -0.4 is 4.74 Å². The topological polar surface area (TPSA) is 47.9 Å². The van der Waals surface area contributed by atoms with Gasteiger partial charge in [-0.1, -0.05) is 17.4 Å². The van der Waals surface area contributed by atoms with Gasteiger partial charge in [-0.3, -0.25) is 0 Å². The van der Waals surface area contributed by atoms with Crippen LogP contribution >= 0.6 is 27.3 Å². The van der Waals surface area contributed by atoms with Gasteiger partial charge < -0.3 is 4.74 Å². The highest BCUT2D eigenvalue weighted by atomic mass is 79.9. The van der Waals surface area contributed by atoms with E-state index in [0.717, 1.165) is 14.6 Å². The van der Waals surface area contributed by atoms with Gasteiger partial charge in [-0.15, -0.1) is 10.2 Å². The second-order valence-electron chi connectivity index (χ2n) is 2.80. The van der Waals surface area contributed by atoms with Crippen molar-refractivity contribution in [2.45, 2.75) is 13.5 Å². The highest BCUT2D eigenvalue weighted by Gasteiger charge is 2.02. The van der Waals surface area contributed by atoms with E-state index in [1.807, 2.05) is 19.1 Å². The molecule has 2 aromatic rings. The molecule has 0 saturated heterocycles. The fourth-order valence-corrected chi connectivity index (χ4v) is 1.95. The summed E-state index contributed by atoms with van der Waals surface area (Å²) in [4.78, 5) is 4.15. The number of pyridine rings is 1. The molecule has 0 spiro atoms. The zero-order valence-corrected chi connectivity index (χ0v) is 10.4. The average molecular weight is 286 g/mol. The van der Waals surface area contributed by atoms with Crippen molar-refractivity contribution in [1.82, 2.24) is 15.2 Å². The Bertz CT molecular complexity index is 460. The first-order valence-electron chi connectivity index (χ1n) is 4.28. The van der Waals surface area contributed by atoms with Crippen LogP contribution in [0, 0.1) is 6.92 Å². The van der Waals surface area contributed by atoms with Crippen LogP contribution in [-0.4, -0.2) is 15.2 Å². The molecule has 2 rings (SSSR count). The summed E-state index contributed by atoms with van der Waals surface area (Å²) in [5.74, 6) is 0.581. The molecule has 2 heterocycles. The first-order valence-corrected chi connectivity index (χ1v) is 5.89. The normalized spacial score (nSPS) is 10.3. The summed E-state index contributed by atoms with van der Waals surface area (Å²) in [5, 5.41) is 9.66. The van der Waals surface area contributed by atoms with E-state index < -0.39 is 0 Å². The Morgan fingerprint density at radius 2 is 2.27 bits per heavy atom. The Morgan fingerprint density at radius 3 is 2.93 bits per heavy atom. The van der Waals surface area contributed by atoms with E-state index in [-0.39, 0.29) is 0 Å². The van der Waals surface area contributed by atoms with Gasteiger partial charge >= 0.3 is 0 Å². The van der Waals surface area contributed by atoms with Crippen LogP contribution in [0.15, 0.2) is 22.8 Å². The average Bonchev–Trinajstić information content (AvgIpc) is 2.62. The van der Waals surface area contributed by atoms with Gasteiger partial charge in [0, 0.05) is 6.07 Å².